The van der Waals surface area contributed by atoms with Gasteiger partial charge in [0.15, 0.2) is 0 Å². The van der Waals surface area contributed by atoms with Crippen LogP contribution < -0.4 is 15.0 Å². The van der Waals surface area contributed by atoms with Gasteiger partial charge in [0.1, 0.15) is 12.4 Å². The van der Waals surface area contributed by atoms with Crippen LogP contribution >= 0.6 is 0 Å². The third kappa shape index (κ3) is 5.12. The molecule has 8 heteroatoms. The number of fused-ring (bicyclic) bond motifs is 2. The SMILES string of the molecule is CC(C)CCN1C(=O)C(C)(C)COc2cc(NC(=O)CCCN3C(=O)c4ccccc4C3=O)ccc21. The van der Waals surface area contributed by atoms with Gasteiger partial charge in [-0.1, -0.05) is 26.0 Å². The molecule has 0 radical (unpaired) electrons. The average molecular weight is 492 g/mol. The second-order valence-electron chi connectivity index (χ2n) is 10.5. The van der Waals surface area contributed by atoms with Crippen molar-refractivity contribution >= 4 is 35.0 Å². The molecule has 0 saturated carbocycles. The van der Waals surface area contributed by atoms with Gasteiger partial charge in [0.05, 0.1) is 22.2 Å². The van der Waals surface area contributed by atoms with Crippen LogP contribution in [0.1, 0.15) is 67.7 Å². The van der Waals surface area contributed by atoms with E-state index in [1.165, 1.54) is 4.90 Å². The van der Waals surface area contributed by atoms with Gasteiger partial charge in [0.2, 0.25) is 11.8 Å². The number of ether oxygens (including phenoxy) is 1. The topological polar surface area (TPSA) is 96.0 Å². The molecule has 0 spiro atoms. The van der Waals surface area contributed by atoms with Gasteiger partial charge in [-0.3, -0.25) is 24.1 Å². The highest BCUT2D eigenvalue weighted by atomic mass is 16.5. The molecule has 8 nitrogen and oxygen atoms in total. The lowest BCUT2D eigenvalue weighted by Gasteiger charge is -2.28. The van der Waals surface area contributed by atoms with E-state index >= 15 is 0 Å². The number of hydrogen-bond donors (Lipinski definition) is 1. The Morgan fingerprint density at radius 1 is 1.00 bits per heavy atom. The van der Waals surface area contributed by atoms with Gasteiger partial charge in [-0.25, -0.2) is 0 Å². The Morgan fingerprint density at radius 3 is 2.31 bits per heavy atom. The second-order valence-corrected chi connectivity index (χ2v) is 10.5. The number of rotatable bonds is 8. The molecule has 190 valence electrons. The van der Waals surface area contributed by atoms with E-state index in [9.17, 15) is 19.2 Å². The van der Waals surface area contributed by atoms with Crippen molar-refractivity contribution < 1.29 is 23.9 Å². The van der Waals surface area contributed by atoms with Crippen LogP contribution in [0.25, 0.3) is 0 Å². The fraction of sp³-hybridized carbons (Fsp3) is 0.429. The fourth-order valence-electron chi connectivity index (χ4n) is 4.40. The molecule has 0 saturated heterocycles. The lowest BCUT2D eigenvalue weighted by atomic mass is 9.92. The zero-order valence-electron chi connectivity index (χ0n) is 21.3. The minimum atomic E-state index is -0.663. The van der Waals surface area contributed by atoms with Crippen molar-refractivity contribution in [1.82, 2.24) is 4.90 Å². The number of anilines is 2. The van der Waals surface area contributed by atoms with Crippen LogP contribution in [-0.4, -0.2) is 48.2 Å². The Hall–Kier alpha value is -3.68. The second kappa shape index (κ2) is 10.1. The summed E-state index contributed by atoms with van der Waals surface area (Å²) in [6.45, 7) is 9.01. The van der Waals surface area contributed by atoms with Crippen molar-refractivity contribution in [2.75, 3.05) is 29.9 Å². The molecule has 1 N–H and O–H groups in total. The zero-order chi connectivity index (χ0) is 26.0. The van der Waals surface area contributed by atoms with Gasteiger partial charge in [0.25, 0.3) is 11.8 Å². The van der Waals surface area contributed by atoms with E-state index in [0.29, 0.717) is 47.1 Å². The minimum Gasteiger partial charge on any atom is -0.490 e. The van der Waals surface area contributed by atoms with Gasteiger partial charge in [-0.15, -0.1) is 0 Å². The summed E-state index contributed by atoms with van der Waals surface area (Å²) in [5, 5.41) is 2.86. The van der Waals surface area contributed by atoms with Gasteiger partial charge in [0, 0.05) is 31.3 Å². The van der Waals surface area contributed by atoms with E-state index in [-0.39, 0.29) is 43.2 Å². The first kappa shape index (κ1) is 25.4. The molecule has 0 aromatic heterocycles. The Balaban J connectivity index is 1.38. The highest BCUT2D eigenvalue weighted by molar-refractivity contribution is 6.21. The van der Waals surface area contributed by atoms with Gasteiger partial charge in [-0.2, -0.15) is 0 Å². The van der Waals surface area contributed by atoms with E-state index in [1.807, 2.05) is 19.9 Å². The van der Waals surface area contributed by atoms with Gasteiger partial charge in [-0.05, 0) is 56.9 Å². The van der Waals surface area contributed by atoms with Crippen LogP contribution in [0.5, 0.6) is 5.75 Å². The van der Waals surface area contributed by atoms with Gasteiger partial charge >= 0.3 is 0 Å². The van der Waals surface area contributed by atoms with Crippen LogP contribution in [0.4, 0.5) is 11.4 Å². The maximum Gasteiger partial charge on any atom is 0.261 e. The van der Waals surface area contributed by atoms with Crippen LogP contribution in [0, 0.1) is 11.3 Å². The molecule has 0 atom stereocenters. The monoisotopic (exact) mass is 491 g/mol. The summed E-state index contributed by atoms with van der Waals surface area (Å²) >= 11 is 0. The molecule has 4 rings (SSSR count). The fourth-order valence-corrected chi connectivity index (χ4v) is 4.40. The smallest absolute Gasteiger partial charge is 0.261 e. The summed E-state index contributed by atoms with van der Waals surface area (Å²) in [7, 11) is 0. The van der Waals surface area contributed by atoms with Crippen LogP contribution in [-0.2, 0) is 9.59 Å². The summed E-state index contributed by atoms with van der Waals surface area (Å²) in [4.78, 5) is 53.7. The summed E-state index contributed by atoms with van der Waals surface area (Å²) in [5.74, 6) is 0.158. The number of benzene rings is 2. The summed E-state index contributed by atoms with van der Waals surface area (Å²) < 4.78 is 6.00. The Morgan fingerprint density at radius 2 is 1.67 bits per heavy atom. The number of carbonyl (C=O) groups is 4. The quantitative estimate of drug-likeness (QED) is 0.549. The molecule has 4 amide bonds. The number of nitrogens with one attached hydrogen (secondary N) is 1. The molecule has 2 heterocycles. The highest BCUT2D eigenvalue weighted by Gasteiger charge is 2.38. The minimum absolute atomic E-state index is 0.0202. The number of hydrogen-bond acceptors (Lipinski definition) is 5. The van der Waals surface area contributed by atoms with Crippen LogP contribution in [0.2, 0.25) is 0 Å². The first-order valence-corrected chi connectivity index (χ1v) is 12.4. The van der Waals surface area contributed by atoms with Crippen molar-refractivity contribution in [2.24, 2.45) is 11.3 Å². The van der Waals surface area contributed by atoms with Crippen molar-refractivity contribution in [3.8, 4) is 5.75 Å². The predicted octanol–water partition coefficient (Wildman–Crippen LogP) is 4.50. The highest BCUT2D eigenvalue weighted by Crippen LogP contribution is 2.38. The summed E-state index contributed by atoms with van der Waals surface area (Å²) in [6.07, 6.45) is 1.37. The predicted molar refractivity (Wildman–Crippen MR) is 137 cm³/mol. The molecule has 0 fully saturated rings. The normalized spacial score (nSPS) is 16.5. The largest absolute Gasteiger partial charge is 0.490 e. The molecule has 0 bridgehead atoms. The molecule has 2 aromatic rings. The van der Waals surface area contributed by atoms with Crippen LogP contribution in [0.15, 0.2) is 42.5 Å². The number of nitrogens with zero attached hydrogens (tertiary/aromatic N) is 2. The van der Waals surface area contributed by atoms with Gasteiger partial charge < -0.3 is 15.0 Å². The third-order valence-electron chi connectivity index (χ3n) is 6.54. The van der Waals surface area contributed by atoms with Crippen molar-refractivity contribution in [3.05, 3.63) is 53.6 Å². The molecule has 2 aliphatic rings. The number of imide groups is 1. The molecular formula is C28H33N3O5. The number of carbonyl (C=O) groups excluding carboxylic acids is 4. The molecule has 2 aromatic carbocycles. The lowest BCUT2D eigenvalue weighted by Crippen LogP contribution is -2.42. The first-order valence-electron chi connectivity index (χ1n) is 12.4. The van der Waals surface area contributed by atoms with E-state index in [4.69, 9.17) is 4.74 Å². The average Bonchev–Trinajstić information content (AvgIpc) is 3.02. The van der Waals surface area contributed by atoms with E-state index in [0.717, 1.165) is 6.42 Å². The van der Waals surface area contributed by atoms with Crippen molar-refractivity contribution in [3.63, 3.8) is 0 Å². The molecule has 0 unspecified atom stereocenters. The van der Waals surface area contributed by atoms with E-state index in [1.54, 1.807) is 41.3 Å². The standard InChI is InChI=1S/C28H33N3O5/c1-18(2)13-15-30-22-12-11-19(16-23(22)36-17-28(3,4)27(30)35)29-24(32)10-7-14-31-25(33)20-8-5-6-9-21(20)26(31)34/h5-6,8-9,11-12,16,18H,7,10,13-15,17H2,1-4H3,(H,29,32). The Kier molecular flexibility index (Phi) is 7.15. The maximum atomic E-state index is 13.2. The van der Waals surface area contributed by atoms with Crippen LogP contribution in [0.3, 0.4) is 0 Å². The zero-order valence-corrected chi connectivity index (χ0v) is 21.3. The number of amides is 4. The van der Waals surface area contributed by atoms with Crippen molar-refractivity contribution in [1.29, 1.82) is 0 Å². The van der Waals surface area contributed by atoms with Crippen molar-refractivity contribution in [2.45, 2.75) is 47.0 Å². The Bertz CT molecular complexity index is 1170. The molecule has 2 aliphatic heterocycles. The maximum absolute atomic E-state index is 13.2. The summed E-state index contributed by atoms with van der Waals surface area (Å²) in [5.41, 5.74) is 1.41. The summed E-state index contributed by atoms with van der Waals surface area (Å²) in [6, 6.07) is 12.1. The van der Waals surface area contributed by atoms with E-state index < -0.39 is 5.41 Å². The molecular weight excluding hydrogens is 458 g/mol. The Labute approximate surface area is 211 Å². The molecule has 0 aliphatic carbocycles. The van der Waals surface area contributed by atoms with E-state index in [2.05, 4.69) is 19.2 Å². The third-order valence-corrected chi connectivity index (χ3v) is 6.54. The molecule has 36 heavy (non-hydrogen) atoms. The lowest BCUT2D eigenvalue weighted by molar-refractivity contribution is -0.127. The first-order chi connectivity index (χ1) is 17.1.